The van der Waals surface area contributed by atoms with Crippen molar-refractivity contribution < 1.29 is 8.94 Å². The Bertz CT molecular complexity index is 863. The van der Waals surface area contributed by atoms with Gasteiger partial charge >= 0.3 is 0 Å². The van der Waals surface area contributed by atoms with Crippen LogP contribution in [0.2, 0.25) is 0 Å². The van der Waals surface area contributed by atoms with Gasteiger partial charge in [0.15, 0.2) is 0 Å². The fraction of sp³-hybridized carbons (Fsp3) is 0.0625. The average molecular weight is 292 g/mol. The van der Waals surface area contributed by atoms with Gasteiger partial charge in [-0.15, -0.1) is 0 Å². The minimum absolute atomic E-state index is 0.448. The number of rotatable bonds is 4. The van der Waals surface area contributed by atoms with Gasteiger partial charge in [0, 0.05) is 24.5 Å². The van der Waals surface area contributed by atoms with Crippen LogP contribution in [-0.2, 0) is 6.54 Å². The molecule has 0 aliphatic carbocycles. The Labute approximate surface area is 126 Å². The van der Waals surface area contributed by atoms with Crippen LogP contribution in [0.1, 0.15) is 5.56 Å². The summed E-state index contributed by atoms with van der Waals surface area (Å²) in [5, 5.41) is 4.03. The quantitative estimate of drug-likeness (QED) is 0.577. The molecule has 0 radical (unpaired) electrons. The zero-order valence-electron chi connectivity index (χ0n) is 11.6. The van der Waals surface area contributed by atoms with E-state index in [1.54, 1.807) is 31.1 Å². The molecule has 4 aromatic rings. The van der Waals surface area contributed by atoms with Crippen molar-refractivity contribution in [2.75, 3.05) is 0 Å². The molecule has 0 spiro atoms. The first-order chi connectivity index (χ1) is 10.9. The Morgan fingerprint density at radius 1 is 1.14 bits per heavy atom. The zero-order valence-corrected chi connectivity index (χ0v) is 11.6. The van der Waals surface area contributed by atoms with Crippen LogP contribution in [0.3, 0.4) is 0 Å². The van der Waals surface area contributed by atoms with E-state index in [4.69, 9.17) is 8.94 Å². The van der Waals surface area contributed by atoms with Gasteiger partial charge < -0.3 is 13.5 Å². The lowest BCUT2D eigenvalue weighted by Gasteiger charge is -2.03. The van der Waals surface area contributed by atoms with Crippen molar-refractivity contribution in [2.24, 2.45) is 0 Å². The SMILES string of the molecule is c1cc(Cn2ccnc2)cc(-c2noc(-c3ccoc3)n2)c1. The monoisotopic (exact) mass is 292 g/mol. The maximum Gasteiger partial charge on any atom is 0.261 e. The van der Waals surface area contributed by atoms with Crippen molar-refractivity contribution in [1.82, 2.24) is 19.7 Å². The number of aromatic nitrogens is 4. The molecular formula is C16H12N4O2. The van der Waals surface area contributed by atoms with E-state index < -0.39 is 0 Å². The van der Waals surface area contributed by atoms with E-state index in [0.29, 0.717) is 11.7 Å². The molecule has 0 fully saturated rings. The highest BCUT2D eigenvalue weighted by molar-refractivity contribution is 5.59. The molecule has 0 atom stereocenters. The van der Waals surface area contributed by atoms with Gasteiger partial charge in [-0.05, 0) is 17.7 Å². The molecule has 0 aliphatic rings. The third-order valence-electron chi connectivity index (χ3n) is 3.30. The van der Waals surface area contributed by atoms with Crippen molar-refractivity contribution in [3.8, 4) is 22.8 Å². The second-order valence-corrected chi connectivity index (χ2v) is 4.87. The van der Waals surface area contributed by atoms with Crippen molar-refractivity contribution in [3.05, 3.63) is 67.1 Å². The second kappa shape index (κ2) is 5.33. The van der Waals surface area contributed by atoms with Crippen LogP contribution in [0.15, 0.2) is 70.5 Å². The maximum absolute atomic E-state index is 5.27. The lowest BCUT2D eigenvalue weighted by atomic mass is 10.1. The topological polar surface area (TPSA) is 69.9 Å². The summed E-state index contributed by atoms with van der Waals surface area (Å²) in [6, 6.07) is 9.83. The molecule has 0 saturated heterocycles. The van der Waals surface area contributed by atoms with E-state index in [9.17, 15) is 0 Å². The zero-order chi connectivity index (χ0) is 14.8. The van der Waals surface area contributed by atoms with Crippen molar-refractivity contribution in [2.45, 2.75) is 6.54 Å². The fourth-order valence-corrected chi connectivity index (χ4v) is 2.24. The Balaban J connectivity index is 1.62. The maximum atomic E-state index is 5.27. The van der Waals surface area contributed by atoms with Gasteiger partial charge in [0.1, 0.15) is 6.26 Å². The van der Waals surface area contributed by atoms with E-state index >= 15 is 0 Å². The molecule has 0 aliphatic heterocycles. The summed E-state index contributed by atoms with van der Waals surface area (Å²) in [6.07, 6.45) is 8.63. The fourth-order valence-electron chi connectivity index (χ4n) is 2.24. The number of nitrogens with zero attached hydrogens (tertiary/aromatic N) is 4. The highest BCUT2D eigenvalue weighted by Gasteiger charge is 2.11. The number of furan rings is 1. The molecule has 0 N–H and O–H groups in total. The molecule has 0 amide bonds. The molecule has 108 valence electrons. The third kappa shape index (κ3) is 2.42. The molecule has 0 bridgehead atoms. The van der Waals surface area contributed by atoms with Gasteiger partial charge in [-0.25, -0.2) is 4.98 Å². The third-order valence-corrected chi connectivity index (χ3v) is 3.30. The largest absolute Gasteiger partial charge is 0.472 e. The van der Waals surface area contributed by atoms with Crippen LogP contribution in [0.5, 0.6) is 0 Å². The highest BCUT2D eigenvalue weighted by Crippen LogP contribution is 2.23. The smallest absolute Gasteiger partial charge is 0.261 e. The van der Waals surface area contributed by atoms with E-state index in [0.717, 1.165) is 23.2 Å². The predicted molar refractivity (Wildman–Crippen MR) is 78.8 cm³/mol. The summed E-state index contributed by atoms with van der Waals surface area (Å²) >= 11 is 0. The van der Waals surface area contributed by atoms with Crippen LogP contribution in [-0.4, -0.2) is 19.7 Å². The lowest BCUT2D eigenvalue weighted by Crippen LogP contribution is -1.96. The predicted octanol–water partition coefficient (Wildman–Crippen LogP) is 3.24. The molecule has 1 aromatic carbocycles. The van der Waals surface area contributed by atoms with Gasteiger partial charge in [0.05, 0.1) is 18.2 Å². The number of imidazole rings is 1. The number of hydrogen-bond donors (Lipinski definition) is 0. The van der Waals surface area contributed by atoms with E-state index in [-0.39, 0.29) is 0 Å². The summed E-state index contributed by atoms with van der Waals surface area (Å²) in [5.74, 6) is 1.01. The average Bonchev–Trinajstić information content (AvgIpc) is 3.29. The molecule has 22 heavy (non-hydrogen) atoms. The summed E-state index contributed by atoms with van der Waals surface area (Å²) in [4.78, 5) is 8.45. The van der Waals surface area contributed by atoms with Crippen molar-refractivity contribution in [1.29, 1.82) is 0 Å². The molecule has 4 rings (SSSR count). The van der Waals surface area contributed by atoms with Gasteiger partial charge in [0.25, 0.3) is 5.89 Å². The van der Waals surface area contributed by atoms with Crippen molar-refractivity contribution >= 4 is 0 Å². The number of hydrogen-bond acceptors (Lipinski definition) is 5. The number of benzene rings is 1. The van der Waals surface area contributed by atoms with Crippen LogP contribution < -0.4 is 0 Å². The molecule has 6 nitrogen and oxygen atoms in total. The van der Waals surface area contributed by atoms with Crippen molar-refractivity contribution in [3.63, 3.8) is 0 Å². The lowest BCUT2D eigenvalue weighted by molar-refractivity contribution is 0.431. The minimum atomic E-state index is 0.448. The summed E-state index contributed by atoms with van der Waals surface area (Å²) < 4.78 is 12.3. The molecule has 0 unspecified atom stereocenters. The molecule has 3 aromatic heterocycles. The Hall–Kier alpha value is -3.15. The van der Waals surface area contributed by atoms with Crippen LogP contribution in [0.4, 0.5) is 0 Å². The normalized spacial score (nSPS) is 10.9. The summed E-state index contributed by atoms with van der Waals surface area (Å²) in [6.45, 7) is 0.750. The standard InChI is InChI=1S/C16H12N4O2/c1-2-12(9-20-6-5-17-11-20)8-13(3-1)15-18-16(22-19-15)14-4-7-21-10-14/h1-8,10-11H,9H2. The Kier molecular flexibility index (Phi) is 3.05. The van der Waals surface area contributed by atoms with E-state index in [1.165, 1.54) is 0 Å². The van der Waals surface area contributed by atoms with Gasteiger partial charge in [-0.2, -0.15) is 4.98 Å². The molecule has 6 heteroatoms. The first-order valence-electron chi connectivity index (χ1n) is 6.80. The van der Waals surface area contributed by atoms with Gasteiger partial charge in [0.2, 0.25) is 5.82 Å². The van der Waals surface area contributed by atoms with E-state index in [1.807, 2.05) is 29.0 Å². The second-order valence-electron chi connectivity index (χ2n) is 4.87. The molecule has 3 heterocycles. The molecular weight excluding hydrogens is 280 g/mol. The van der Waals surface area contributed by atoms with Gasteiger partial charge in [-0.1, -0.05) is 23.4 Å². The Morgan fingerprint density at radius 3 is 2.95 bits per heavy atom. The van der Waals surface area contributed by atoms with E-state index in [2.05, 4.69) is 21.2 Å². The van der Waals surface area contributed by atoms with Crippen LogP contribution in [0.25, 0.3) is 22.8 Å². The Morgan fingerprint density at radius 2 is 2.14 bits per heavy atom. The summed E-state index contributed by atoms with van der Waals surface area (Å²) in [7, 11) is 0. The van der Waals surface area contributed by atoms with Crippen LogP contribution in [0, 0.1) is 0 Å². The highest BCUT2D eigenvalue weighted by atomic mass is 16.5. The first-order valence-corrected chi connectivity index (χ1v) is 6.80. The van der Waals surface area contributed by atoms with Gasteiger partial charge in [-0.3, -0.25) is 0 Å². The first kappa shape index (κ1) is 12.6. The molecule has 0 saturated carbocycles. The van der Waals surface area contributed by atoms with Crippen LogP contribution >= 0.6 is 0 Å². The summed E-state index contributed by atoms with van der Waals surface area (Å²) in [5.41, 5.74) is 2.83. The minimum Gasteiger partial charge on any atom is -0.472 e.